The Labute approximate surface area is 95.9 Å². The molecule has 1 aromatic carbocycles. The van der Waals surface area contributed by atoms with E-state index in [0.29, 0.717) is 17.7 Å². The van der Waals surface area contributed by atoms with Crippen molar-refractivity contribution in [2.24, 2.45) is 0 Å². The standard InChI is InChI=1S/C10H8N4O3/c15-5-4-13-7-11-10(12-13)8-2-1-3-9(6-8)14(16)17/h1-3,5-7H,4H2. The number of non-ortho nitro benzene ring substituents is 1. The summed E-state index contributed by atoms with van der Waals surface area (Å²) in [6, 6.07) is 6.02. The van der Waals surface area contributed by atoms with Crippen molar-refractivity contribution in [2.75, 3.05) is 0 Å². The van der Waals surface area contributed by atoms with E-state index < -0.39 is 4.92 Å². The predicted octanol–water partition coefficient (Wildman–Crippen LogP) is 1.05. The number of carbonyl (C=O) groups excluding carboxylic acids is 1. The maximum absolute atomic E-state index is 10.6. The topological polar surface area (TPSA) is 90.9 Å². The van der Waals surface area contributed by atoms with Crippen LogP contribution in [0.2, 0.25) is 0 Å². The zero-order valence-electron chi connectivity index (χ0n) is 8.68. The van der Waals surface area contributed by atoms with Gasteiger partial charge in [-0.2, -0.15) is 5.10 Å². The molecule has 7 heteroatoms. The minimum absolute atomic E-state index is 0.0192. The summed E-state index contributed by atoms with van der Waals surface area (Å²) in [7, 11) is 0. The minimum atomic E-state index is -0.480. The summed E-state index contributed by atoms with van der Waals surface area (Å²) in [5, 5.41) is 14.6. The molecule has 0 unspecified atom stereocenters. The number of nitro benzene ring substituents is 1. The first kappa shape index (κ1) is 10.9. The van der Waals surface area contributed by atoms with E-state index in [2.05, 4.69) is 10.1 Å². The van der Waals surface area contributed by atoms with E-state index in [1.807, 2.05) is 0 Å². The molecule has 17 heavy (non-hydrogen) atoms. The third kappa shape index (κ3) is 2.33. The number of aldehydes is 1. The molecule has 0 amide bonds. The van der Waals surface area contributed by atoms with Crippen molar-refractivity contribution in [3.63, 3.8) is 0 Å². The maximum atomic E-state index is 10.6. The number of carbonyl (C=O) groups is 1. The Bertz CT molecular complexity index is 564. The molecule has 0 saturated heterocycles. The molecule has 0 fully saturated rings. The Hall–Kier alpha value is -2.57. The van der Waals surface area contributed by atoms with Crippen LogP contribution in [-0.4, -0.2) is 26.0 Å². The van der Waals surface area contributed by atoms with E-state index in [1.165, 1.54) is 23.1 Å². The molecule has 1 aromatic heterocycles. The molecule has 86 valence electrons. The second-order valence-corrected chi connectivity index (χ2v) is 3.26. The molecule has 2 rings (SSSR count). The summed E-state index contributed by atoms with van der Waals surface area (Å²) in [4.78, 5) is 24.4. The Kier molecular flexibility index (Phi) is 2.91. The number of benzene rings is 1. The van der Waals surface area contributed by atoms with Gasteiger partial charge in [0.25, 0.3) is 5.69 Å². The van der Waals surface area contributed by atoms with Crippen LogP contribution in [0.1, 0.15) is 0 Å². The Morgan fingerprint density at radius 3 is 3.00 bits per heavy atom. The first-order chi connectivity index (χ1) is 8.20. The van der Waals surface area contributed by atoms with Crippen molar-refractivity contribution in [3.8, 4) is 11.4 Å². The first-order valence-electron chi connectivity index (χ1n) is 4.78. The second kappa shape index (κ2) is 4.52. The number of hydrogen-bond donors (Lipinski definition) is 0. The SMILES string of the molecule is O=CCn1cnc(-c2cccc([N+](=O)[O-])c2)n1. The number of hydrogen-bond acceptors (Lipinski definition) is 5. The fraction of sp³-hybridized carbons (Fsp3) is 0.100. The van der Waals surface area contributed by atoms with Crippen LogP contribution in [0.15, 0.2) is 30.6 Å². The lowest BCUT2D eigenvalue weighted by molar-refractivity contribution is -0.384. The predicted molar refractivity (Wildman–Crippen MR) is 58.2 cm³/mol. The van der Waals surface area contributed by atoms with Gasteiger partial charge < -0.3 is 4.79 Å². The fourth-order valence-electron chi connectivity index (χ4n) is 1.35. The second-order valence-electron chi connectivity index (χ2n) is 3.26. The molecule has 1 heterocycles. The lowest BCUT2D eigenvalue weighted by Gasteiger charge is -1.95. The van der Waals surface area contributed by atoms with Crippen molar-refractivity contribution in [1.29, 1.82) is 0 Å². The van der Waals surface area contributed by atoms with Crippen LogP contribution < -0.4 is 0 Å². The van der Waals surface area contributed by atoms with E-state index in [0.717, 1.165) is 0 Å². The highest BCUT2D eigenvalue weighted by Gasteiger charge is 2.09. The molecule has 2 aromatic rings. The molecule has 0 aliphatic rings. The van der Waals surface area contributed by atoms with Gasteiger partial charge in [-0.3, -0.25) is 10.1 Å². The summed E-state index contributed by atoms with van der Waals surface area (Å²) in [5.41, 5.74) is 0.526. The Morgan fingerprint density at radius 2 is 2.29 bits per heavy atom. The van der Waals surface area contributed by atoms with Crippen LogP contribution in [-0.2, 0) is 11.3 Å². The van der Waals surface area contributed by atoms with E-state index in [-0.39, 0.29) is 12.2 Å². The maximum Gasteiger partial charge on any atom is 0.270 e. The van der Waals surface area contributed by atoms with Gasteiger partial charge in [-0.15, -0.1) is 0 Å². The quantitative estimate of drug-likeness (QED) is 0.446. The Morgan fingerprint density at radius 1 is 1.47 bits per heavy atom. The van der Waals surface area contributed by atoms with Crippen molar-refractivity contribution < 1.29 is 9.72 Å². The van der Waals surface area contributed by atoms with Crippen molar-refractivity contribution in [3.05, 3.63) is 40.7 Å². The van der Waals surface area contributed by atoms with Gasteiger partial charge in [-0.1, -0.05) is 12.1 Å². The summed E-state index contributed by atoms with van der Waals surface area (Å²) in [6.45, 7) is 0.113. The van der Waals surface area contributed by atoms with E-state index >= 15 is 0 Å². The van der Waals surface area contributed by atoms with Crippen LogP contribution in [0.25, 0.3) is 11.4 Å². The average molecular weight is 232 g/mol. The van der Waals surface area contributed by atoms with Crippen LogP contribution >= 0.6 is 0 Å². The van der Waals surface area contributed by atoms with E-state index in [1.54, 1.807) is 12.1 Å². The van der Waals surface area contributed by atoms with Crippen LogP contribution in [0.4, 0.5) is 5.69 Å². The molecule has 0 aliphatic carbocycles. The molecule has 7 nitrogen and oxygen atoms in total. The Balaban J connectivity index is 2.35. The normalized spacial score (nSPS) is 10.1. The summed E-state index contributed by atoms with van der Waals surface area (Å²) in [6.07, 6.45) is 2.11. The molecular formula is C10H8N4O3. The molecule has 0 N–H and O–H groups in total. The highest BCUT2D eigenvalue weighted by atomic mass is 16.6. The first-order valence-corrected chi connectivity index (χ1v) is 4.78. The highest BCUT2D eigenvalue weighted by Crippen LogP contribution is 2.20. The molecule has 0 radical (unpaired) electrons. The number of rotatable bonds is 4. The van der Waals surface area contributed by atoms with Gasteiger partial charge in [-0.05, 0) is 0 Å². The largest absolute Gasteiger partial charge is 0.301 e. The monoisotopic (exact) mass is 232 g/mol. The van der Waals surface area contributed by atoms with Crippen LogP contribution in [0, 0.1) is 10.1 Å². The summed E-state index contributed by atoms with van der Waals surface area (Å²) in [5.74, 6) is 0.357. The third-order valence-corrected chi connectivity index (χ3v) is 2.11. The van der Waals surface area contributed by atoms with Gasteiger partial charge in [0.15, 0.2) is 5.82 Å². The lowest BCUT2D eigenvalue weighted by atomic mass is 10.2. The van der Waals surface area contributed by atoms with Gasteiger partial charge in [0.2, 0.25) is 0 Å². The van der Waals surface area contributed by atoms with Gasteiger partial charge in [0.1, 0.15) is 12.6 Å². The zero-order valence-corrected chi connectivity index (χ0v) is 8.68. The lowest BCUT2D eigenvalue weighted by Crippen LogP contribution is -1.99. The molecule has 0 spiro atoms. The molecule has 0 bridgehead atoms. The van der Waals surface area contributed by atoms with Gasteiger partial charge in [0.05, 0.1) is 11.5 Å². The highest BCUT2D eigenvalue weighted by molar-refractivity contribution is 5.58. The van der Waals surface area contributed by atoms with Gasteiger partial charge in [0, 0.05) is 17.7 Å². The van der Waals surface area contributed by atoms with E-state index in [9.17, 15) is 14.9 Å². The summed E-state index contributed by atoms with van der Waals surface area (Å²) >= 11 is 0. The minimum Gasteiger partial charge on any atom is -0.301 e. The van der Waals surface area contributed by atoms with Gasteiger partial charge in [-0.25, -0.2) is 9.67 Å². The van der Waals surface area contributed by atoms with Crippen LogP contribution in [0.3, 0.4) is 0 Å². The number of nitro groups is 1. The van der Waals surface area contributed by atoms with Crippen LogP contribution in [0.5, 0.6) is 0 Å². The molecule has 0 saturated carbocycles. The van der Waals surface area contributed by atoms with Gasteiger partial charge >= 0.3 is 0 Å². The van der Waals surface area contributed by atoms with Crippen molar-refractivity contribution >= 4 is 12.0 Å². The summed E-state index contributed by atoms with van der Waals surface area (Å²) < 4.78 is 1.36. The number of nitrogens with zero attached hydrogens (tertiary/aromatic N) is 4. The number of aromatic nitrogens is 3. The zero-order chi connectivity index (χ0) is 12.3. The average Bonchev–Trinajstić information content (AvgIpc) is 2.78. The third-order valence-electron chi connectivity index (χ3n) is 2.11. The van der Waals surface area contributed by atoms with Crippen molar-refractivity contribution in [2.45, 2.75) is 6.54 Å². The smallest absolute Gasteiger partial charge is 0.270 e. The fourth-order valence-corrected chi connectivity index (χ4v) is 1.35. The van der Waals surface area contributed by atoms with E-state index in [4.69, 9.17) is 0 Å². The molecule has 0 atom stereocenters. The molecular weight excluding hydrogens is 224 g/mol. The van der Waals surface area contributed by atoms with Crippen molar-refractivity contribution in [1.82, 2.24) is 14.8 Å². The molecule has 0 aliphatic heterocycles.